The van der Waals surface area contributed by atoms with Crippen LogP contribution < -0.4 is 10.1 Å². The molecule has 3 aromatic heterocycles. The van der Waals surface area contributed by atoms with E-state index < -0.39 is 23.1 Å². The third kappa shape index (κ3) is 4.48. The molecule has 0 bridgehead atoms. The molecule has 0 saturated carbocycles. The fourth-order valence-electron chi connectivity index (χ4n) is 4.37. The summed E-state index contributed by atoms with van der Waals surface area (Å²) in [5, 5.41) is 12.2. The minimum absolute atomic E-state index is 0.0569. The molecule has 0 amide bonds. The van der Waals surface area contributed by atoms with Crippen molar-refractivity contribution in [1.82, 2.24) is 9.38 Å². The summed E-state index contributed by atoms with van der Waals surface area (Å²) in [7, 11) is 0. The first-order valence-electron chi connectivity index (χ1n) is 11.2. The maximum absolute atomic E-state index is 14.6. The Morgan fingerprint density at radius 2 is 1.81 bits per heavy atom. The van der Waals surface area contributed by atoms with Crippen molar-refractivity contribution in [3.05, 3.63) is 104 Å². The molecule has 0 aliphatic carbocycles. The molecule has 5 nitrogen and oxygen atoms in total. The molecular weight excluding hydrogens is 506 g/mol. The molecule has 37 heavy (non-hydrogen) atoms. The van der Waals surface area contributed by atoms with Crippen molar-refractivity contribution in [2.45, 2.75) is 26.6 Å². The number of fused-ring (bicyclic) bond motifs is 1. The van der Waals surface area contributed by atoms with Crippen LogP contribution in [-0.2, 0) is 12.7 Å². The van der Waals surface area contributed by atoms with Crippen LogP contribution in [0.15, 0.2) is 71.8 Å². The number of halogens is 4. The smallest absolute Gasteiger partial charge is 0.416 e. The van der Waals surface area contributed by atoms with Gasteiger partial charge >= 0.3 is 11.7 Å². The number of pyridine rings is 1. The number of hydrogen-bond acceptors (Lipinski definition) is 4. The monoisotopic (exact) mass is 526 g/mol. The summed E-state index contributed by atoms with van der Waals surface area (Å²) < 4.78 is 57.4. The minimum atomic E-state index is -4.64. The Balaban J connectivity index is 1.74. The number of benzene rings is 2. The quantitative estimate of drug-likeness (QED) is 0.234. The van der Waals surface area contributed by atoms with Gasteiger partial charge in [-0.15, -0.1) is 11.3 Å². The number of aryl methyl sites for hydroxylation is 2. The van der Waals surface area contributed by atoms with Crippen LogP contribution >= 0.6 is 11.3 Å². The molecule has 5 aromatic rings. The second-order valence-electron chi connectivity index (χ2n) is 8.59. The lowest BCUT2D eigenvalue weighted by atomic mass is 9.98. The fourth-order valence-corrected chi connectivity index (χ4v) is 5.15. The first-order valence-corrected chi connectivity index (χ1v) is 12.0. The summed E-state index contributed by atoms with van der Waals surface area (Å²) in [6.45, 7) is 3.92. The lowest BCUT2D eigenvalue weighted by Gasteiger charge is -2.13. The van der Waals surface area contributed by atoms with Gasteiger partial charge in [0, 0.05) is 17.3 Å². The van der Waals surface area contributed by atoms with Crippen molar-refractivity contribution < 1.29 is 27.2 Å². The van der Waals surface area contributed by atoms with Crippen LogP contribution in [0.1, 0.15) is 21.0 Å². The molecule has 0 radical (unpaired) electrons. The molecule has 0 fully saturated rings. The van der Waals surface area contributed by atoms with Crippen LogP contribution in [0.2, 0.25) is 0 Å². The van der Waals surface area contributed by atoms with E-state index in [1.54, 1.807) is 29.1 Å². The molecule has 10 heteroatoms. The van der Waals surface area contributed by atoms with Crippen molar-refractivity contribution >= 4 is 17.0 Å². The summed E-state index contributed by atoms with van der Waals surface area (Å²) in [5.41, 5.74) is -0.214. The van der Waals surface area contributed by atoms with E-state index in [0.717, 1.165) is 27.6 Å². The van der Waals surface area contributed by atoms with Gasteiger partial charge in [-0.25, -0.2) is 14.2 Å². The predicted molar refractivity (Wildman–Crippen MR) is 132 cm³/mol. The summed E-state index contributed by atoms with van der Waals surface area (Å²) in [4.78, 5) is 18.7. The van der Waals surface area contributed by atoms with E-state index in [-0.39, 0.29) is 34.7 Å². The molecule has 0 atom stereocenters. The van der Waals surface area contributed by atoms with E-state index in [1.807, 2.05) is 19.9 Å². The first-order chi connectivity index (χ1) is 17.5. The van der Waals surface area contributed by atoms with Gasteiger partial charge in [-0.05, 0) is 61.4 Å². The highest BCUT2D eigenvalue weighted by atomic mass is 32.1. The van der Waals surface area contributed by atoms with Crippen molar-refractivity contribution in [1.29, 1.82) is 0 Å². The summed E-state index contributed by atoms with van der Waals surface area (Å²) in [6, 6.07) is 11.6. The lowest BCUT2D eigenvalue weighted by Crippen LogP contribution is -2.41. The van der Waals surface area contributed by atoms with Gasteiger partial charge in [0.1, 0.15) is 12.4 Å². The summed E-state index contributed by atoms with van der Waals surface area (Å²) in [5.74, 6) is -1.15. The van der Waals surface area contributed by atoms with Gasteiger partial charge in [-0.3, -0.25) is 0 Å². The van der Waals surface area contributed by atoms with Crippen molar-refractivity contribution in [2.24, 2.45) is 0 Å². The van der Waals surface area contributed by atoms with Gasteiger partial charge in [0.05, 0.1) is 21.6 Å². The molecule has 3 heterocycles. The topological polar surface area (TPSA) is 58.5 Å². The Bertz CT molecular complexity index is 1720. The number of aromatic hydroxyl groups is 1. The molecule has 0 aliphatic heterocycles. The Kier molecular flexibility index (Phi) is 6.07. The Morgan fingerprint density at radius 1 is 1.05 bits per heavy atom. The third-order valence-electron chi connectivity index (χ3n) is 6.07. The molecule has 0 spiro atoms. The van der Waals surface area contributed by atoms with Crippen LogP contribution in [-0.4, -0.2) is 14.5 Å². The largest absolute Gasteiger partial charge is 0.477 e. The zero-order chi connectivity index (χ0) is 26.5. The standard InChI is InChI=1S/C27H19F4N3O2S/c1-15-5-4-10-33-24(15)34(14-20-13-32-16(2)37-20)26(36)23(25(33)35)18-7-3-6-17(11-18)21-12-19(27(29,30)31)8-9-22(21)28/h3-13H,14H2,1-2H3/p+1. The maximum Gasteiger partial charge on any atom is 0.416 e. The highest BCUT2D eigenvalue weighted by molar-refractivity contribution is 7.11. The highest BCUT2D eigenvalue weighted by Gasteiger charge is 2.32. The number of nitrogens with zero attached hydrogens (tertiary/aromatic N) is 3. The van der Waals surface area contributed by atoms with Gasteiger partial charge in [-0.1, -0.05) is 18.2 Å². The molecule has 0 aliphatic rings. The lowest BCUT2D eigenvalue weighted by molar-refractivity contribution is -0.671. The van der Waals surface area contributed by atoms with Crippen molar-refractivity contribution in [3.63, 3.8) is 0 Å². The Morgan fingerprint density at radius 3 is 2.51 bits per heavy atom. The van der Waals surface area contributed by atoms with Crippen molar-refractivity contribution in [3.8, 4) is 28.1 Å². The van der Waals surface area contributed by atoms with Crippen LogP contribution in [0.3, 0.4) is 0 Å². The number of alkyl halides is 3. The van der Waals surface area contributed by atoms with E-state index >= 15 is 0 Å². The summed E-state index contributed by atoms with van der Waals surface area (Å²) >= 11 is 1.45. The van der Waals surface area contributed by atoms with Gasteiger partial charge in [-0.2, -0.15) is 22.1 Å². The van der Waals surface area contributed by atoms with E-state index in [0.29, 0.717) is 11.7 Å². The molecule has 1 N–H and O–H groups in total. The molecule has 5 rings (SSSR count). The SMILES string of the molecule is Cc1ncc(C[n+]2c(O)c(-c3cccc(-c4cc(C(F)(F)F)ccc4F)c3)c(=O)n3cccc(C)c32)s1. The second kappa shape index (κ2) is 9.11. The third-order valence-corrected chi connectivity index (χ3v) is 6.97. The Hall–Kier alpha value is -4.05. The van der Waals surface area contributed by atoms with E-state index in [2.05, 4.69) is 4.98 Å². The molecule has 0 unspecified atom stereocenters. The van der Waals surface area contributed by atoms with Crippen LogP contribution in [0.4, 0.5) is 17.6 Å². The van der Waals surface area contributed by atoms with Gasteiger partial charge in [0.15, 0.2) is 5.56 Å². The number of hydrogen-bond donors (Lipinski definition) is 1. The second-order valence-corrected chi connectivity index (χ2v) is 9.91. The van der Waals surface area contributed by atoms with E-state index in [9.17, 15) is 27.5 Å². The van der Waals surface area contributed by atoms with Crippen LogP contribution in [0, 0.1) is 19.7 Å². The van der Waals surface area contributed by atoms with Crippen molar-refractivity contribution in [2.75, 3.05) is 0 Å². The van der Waals surface area contributed by atoms with Gasteiger partial charge in [0.25, 0.3) is 11.5 Å². The number of aromatic nitrogens is 3. The van der Waals surface area contributed by atoms with Gasteiger partial charge in [0.2, 0.25) is 0 Å². The number of thiazole rings is 1. The molecule has 2 aromatic carbocycles. The fraction of sp³-hybridized carbons (Fsp3) is 0.148. The molecular formula is C27H20F4N3O2S+. The van der Waals surface area contributed by atoms with E-state index in [1.165, 1.54) is 33.9 Å². The average molecular weight is 527 g/mol. The highest BCUT2D eigenvalue weighted by Crippen LogP contribution is 2.35. The zero-order valence-electron chi connectivity index (χ0n) is 19.7. The number of rotatable bonds is 4. The Labute approximate surface area is 212 Å². The molecule has 0 saturated heterocycles. The maximum atomic E-state index is 14.6. The van der Waals surface area contributed by atoms with Crippen LogP contribution in [0.25, 0.3) is 27.9 Å². The van der Waals surface area contributed by atoms with E-state index in [4.69, 9.17) is 0 Å². The van der Waals surface area contributed by atoms with Crippen LogP contribution in [0.5, 0.6) is 5.88 Å². The zero-order valence-corrected chi connectivity index (χ0v) is 20.5. The summed E-state index contributed by atoms with van der Waals surface area (Å²) in [6.07, 6.45) is -1.37. The van der Waals surface area contributed by atoms with Gasteiger partial charge < -0.3 is 5.11 Å². The average Bonchev–Trinajstić information content (AvgIpc) is 3.26. The molecule has 188 valence electrons. The minimum Gasteiger partial charge on any atom is -0.477 e. The first kappa shape index (κ1) is 24.6. The predicted octanol–water partition coefficient (Wildman–Crippen LogP) is 5.91. The normalized spacial score (nSPS) is 11.8.